The van der Waals surface area contributed by atoms with Crippen molar-refractivity contribution in [2.45, 2.75) is 44.4 Å². The van der Waals surface area contributed by atoms with E-state index < -0.39 is 5.97 Å². The summed E-state index contributed by atoms with van der Waals surface area (Å²) in [5, 5.41) is 11.7. The van der Waals surface area contributed by atoms with Gasteiger partial charge < -0.3 is 10.4 Å². The van der Waals surface area contributed by atoms with Gasteiger partial charge in [-0.3, -0.25) is 9.59 Å². The Bertz CT molecular complexity index is 746. The van der Waals surface area contributed by atoms with Crippen LogP contribution in [0.15, 0.2) is 48.5 Å². The molecule has 2 N–H and O–H groups in total. The Morgan fingerprint density at radius 2 is 1.64 bits per heavy atom. The van der Waals surface area contributed by atoms with Gasteiger partial charge in [0.2, 0.25) is 0 Å². The average molecular weight is 337 g/mol. The number of carboxylic acids is 1. The zero-order chi connectivity index (χ0) is 17.6. The summed E-state index contributed by atoms with van der Waals surface area (Å²) < 4.78 is 0. The molecular weight excluding hydrogens is 314 g/mol. The zero-order valence-corrected chi connectivity index (χ0v) is 14.2. The highest BCUT2D eigenvalue weighted by Crippen LogP contribution is 2.34. The van der Waals surface area contributed by atoms with Crippen molar-refractivity contribution in [3.63, 3.8) is 0 Å². The number of hydrogen-bond donors (Lipinski definition) is 2. The number of nitrogens with one attached hydrogen (secondary N) is 1. The Labute approximate surface area is 147 Å². The van der Waals surface area contributed by atoms with Gasteiger partial charge >= 0.3 is 5.97 Å². The van der Waals surface area contributed by atoms with Crippen molar-refractivity contribution in [2.24, 2.45) is 0 Å². The lowest BCUT2D eigenvalue weighted by molar-refractivity contribution is -0.136. The van der Waals surface area contributed by atoms with E-state index in [1.54, 1.807) is 24.3 Å². The molecule has 0 saturated heterocycles. The van der Waals surface area contributed by atoms with Crippen molar-refractivity contribution in [3.05, 3.63) is 65.2 Å². The molecule has 0 heterocycles. The average Bonchev–Trinajstić information content (AvgIpc) is 2.63. The Morgan fingerprint density at radius 3 is 2.32 bits per heavy atom. The molecule has 2 aromatic rings. The van der Waals surface area contributed by atoms with Crippen LogP contribution in [-0.4, -0.2) is 17.0 Å². The van der Waals surface area contributed by atoms with Crippen molar-refractivity contribution in [3.8, 4) is 0 Å². The maximum atomic E-state index is 12.7. The standard InChI is InChI=1S/C21H23NO3/c23-20(24)14-15-10-12-17(13-11-15)22-21(25)19-9-5-4-8-18(19)16-6-2-1-3-7-16/h4-5,8-13,16H,1-3,6-7,14H2,(H,22,25)(H,23,24). The van der Waals surface area contributed by atoms with Crippen LogP contribution in [0.5, 0.6) is 0 Å². The lowest BCUT2D eigenvalue weighted by Gasteiger charge is -2.24. The van der Waals surface area contributed by atoms with Gasteiger partial charge in [0.1, 0.15) is 0 Å². The number of amides is 1. The van der Waals surface area contributed by atoms with Crippen molar-refractivity contribution in [2.75, 3.05) is 5.32 Å². The molecule has 1 aliphatic rings. The number of aliphatic carboxylic acids is 1. The highest BCUT2D eigenvalue weighted by molar-refractivity contribution is 6.05. The van der Waals surface area contributed by atoms with E-state index >= 15 is 0 Å². The molecule has 0 unspecified atom stereocenters. The third-order valence-corrected chi connectivity index (χ3v) is 4.82. The molecular formula is C21H23NO3. The van der Waals surface area contributed by atoms with Gasteiger partial charge in [-0.05, 0) is 48.1 Å². The Kier molecular flexibility index (Phi) is 5.49. The van der Waals surface area contributed by atoms with Gasteiger partial charge in [0.25, 0.3) is 5.91 Å². The molecule has 0 radical (unpaired) electrons. The molecule has 0 bridgehead atoms. The molecule has 0 atom stereocenters. The largest absolute Gasteiger partial charge is 0.481 e. The molecule has 3 rings (SSSR count). The SMILES string of the molecule is O=C(O)Cc1ccc(NC(=O)c2ccccc2C2CCCCC2)cc1. The van der Waals surface area contributed by atoms with Gasteiger partial charge in [0.05, 0.1) is 6.42 Å². The van der Waals surface area contributed by atoms with E-state index in [0.29, 0.717) is 17.2 Å². The fourth-order valence-electron chi connectivity index (χ4n) is 3.55. The minimum atomic E-state index is -0.863. The van der Waals surface area contributed by atoms with Crippen LogP contribution in [0, 0.1) is 0 Å². The van der Waals surface area contributed by atoms with Crippen LogP contribution in [0.1, 0.15) is 59.5 Å². The minimum absolute atomic E-state index is 0.0151. The summed E-state index contributed by atoms with van der Waals surface area (Å²) in [6, 6.07) is 14.8. The lowest BCUT2D eigenvalue weighted by Crippen LogP contribution is -2.17. The minimum Gasteiger partial charge on any atom is -0.481 e. The Hall–Kier alpha value is -2.62. The molecule has 4 nitrogen and oxygen atoms in total. The van der Waals surface area contributed by atoms with Crippen LogP contribution >= 0.6 is 0 Å². The molecule has 0 aliphatic heterocycles. The van der Waals surface area contributed by atoms with E-state index in [9.17, 15) is 9.59 Å². The van der Waals surface area contributed by atoms with Crippen LogP contribution in [0.4, 0.5) is 5.69 Å². The maximum absolute atomic E-state index is 12.7. The van der Waals surface area contributed by atoms with E-state index in [0.717, 1.165) is 24.0 Å². The van der Waals surface area contributed by atoms with E-state index in [4.69, 9.17) is 5.11 Å². The van der Waals surface area contributed by atoms with Gasteiger partial charge in [0.15, 0.2) is 0 Å². The molecule has 1 aliphatic carbocycles. The van der Waals surface area contributed by atoms with Crippen LogP contribution in [-0.2, 0) is 11.2 Å². The van der Waals surface area contributed by atoms with Crippen molar-refractivity contribution < 1.29 is 14.7 Å². The normalized spacial score (nSPS) is 14.9. The van der Waals surface area contributed by atoms with E-state index in [1.807, 2.05) is 18.2 Å². The predicted octanol–water partition coefficient (Wildman–Crippen LogP) is 4.61. The van der Waals surface area contributed by atoms with Gasteiger partial charge in [-0.2, -0.15) is 0 Å². The monoisotopic (exact) mass is 337 g/mol. The van der Waals surface area contributed by atoms with E-state index in [-0.39, 0.29) is 12.3 Å². The quantitative estimate of drug-likeness (QED) is 0.837. The number of anilines is 1. The number of carbonyl (C=O) groups is 2. The third kappa shape index (κ3) is 4.47. The molecule has 0 spiro atoms. The molecule has 1 fully saturated rings. The first-order valence-electron chi connectivity index (χ1n) is 8.84. The van der Waals surface area contributed by atoms with E-state index in [1.165, 1.54) is 19.3 Å². The molecule has 1 amide bonds. The number of benzene rings is 2. The summed E-state index contributed by atoms with van der Waals surface area (Å²) in [5.74, 6) is -0.501. The fraction of sp³-hybridized carbons (Fsp3) is 0.333. The molecule has 130 valence electrons. The summed E-state index contributed by atoms with van der Waals surface area (Å²) in [6.45, 7) is 0. The summed E-state index contributed by atoms with van der Waals surface area (Å²) in [6.07, 6.45) is 6.02. The summed E-state index contributed by atoms with van der Waals surface area (Å²) in [5.41, 5.74) is 3.27. The maximum Gasteiger partial charge on any atom is 0.307 e. The molecule has 2 aromatic carbocycles. The van der Waals surface area contributed by atoms with E-state index in [2.05, 4.69) is 11.4 Å². The molecule has 1 saturated carbocycles. The summed E-state index contributed by atoms with van der Waals surface area (Å²) >= 11 is 0. The van der Waals surface area contributed by atoms with Crippen molar-refractivity contribution in [1.29, 1.82) is 0 Å². The number of carboxylic acid groups (broad SMARTS) is 1. The first-order chi connectivity index (χ1) is 12.1. The number of carbonyl (C=O) groups excluding carboxylic acids is 1. The van der Waals surface area contributed by atoms with Gasteiger partial charge in [-0.15, -0.1) is 0 Å². The van der Waals surface area contributed by atoms with Crippen molar-refractivity contribution >= 4 is 17.6 Å². The molecule has 4 heteroatoms. The van der Waals surface area contributed by atoms with Crippen LogP contribution in [0.3, 0.4) is 0 Å². The summed E-state index contributed by atoms with van der Waals surface area (Å²) in [4.78, 5) is 23.5. The molecule has 25 heavy (non-hydrogen) atoms. The lowest BCUT2D eigenvalue weighted by atomic mass is 9.82. The second-order valence-electron chi connectivity index (χ2n) is 6.64. The van der Waals surface area contributed by atoms with Crippen LogP contribution in [0.25, 0.3) is 0 Å². The molecule has 0 aromatic heterocycles. The first kappa shape index (κ1) is 17.2. The van der Waals surface area contributed by atoms with Gasteiger partial charge in [-0.25, -0.2) is 0 Å². The van der Waals surface area contributed by atoms with Crippen LogP contribution in [0.2, 0.25) is 0 Å². The highest BCUT2D eigenvalue weighted by atomic mass is 16.4. The number of rotatable bonds is 5. The number of hydrogen-bond acceptors (Lipinski definition) is 2. The van der Waals surface area contributed by atoms with Crippen LogP contribution < -0.4 is 5.32 Å². The topological polar surface area (TPSA) is 66.4 Å². The van der Waals surface area contributed by atoms with Gasteiger partial charge in [0, 0.05) is 11.3 Å². The van der Waals surface area contributed by atoms with Crippen molar-refractivity contribution in [1.82, 2.24) is 0 Å². The van der Waals surface area contributed by atoms with Gasteiger partial charge in [-0.1, -0.05) is 49.6 Å². The smallest absolute Gasteiger partial charge is 0.307 e. The predicted molar refractivity (Wildman–Crippen MR) is 98.0 cm³/mol. The Morgan fingerprint density at radius 1 is 0.960 bits per heavy atom. The third-order valence-electron chi connectivity index (χ3n) is 4.82. The zero-order valence-electron chi connectivity index (χ0n) is 14.2. The second kappa shape index (κ2) is 7.97. The first-order valence-corrected chi connectivity index (χ1v) is 8.84. The second-order valence-corrected chi connectivity index (χ2v) is 6.64. The summed E-state index contributed by atoms with van der Waals surface area (Å²) in [7, 11) is 0. The fourth-order valence-corrected chi connectivity index (χ4v) is 3.55. The highest BCUT2D eigenvalue weighted by Gasteiger charge is 2.21. The Balaban J connectivity index is 1.74.